The Morgan fingerprint density at radius 1 is 0.882 bits per heavy atom. The topological polar surface area (TPSA) is 37.3 Å². The van der Waals surface area contributed by atoms with Gasteiger partial charge in [-0.3, -0.25) is 0 Å². The second-order valence-electron chi connectivity index (χ2n) is 3.18. The highest BCUT2D eigenvalue weighted by Gasteiger charge is 1.91. The van der Waals surface area contributed by atoms with Gasteiger partial charge in [-0.05, 0) is 11.1 Å². The Bertz CT molecular complexity index is 458. The molecule has 0 aliphatic rings. The lowest BCUT2D eigenvalue weighted by Crippen LogP contribution is -1.83. The summed E-state index contributed by atoms with van der Waals surface area (Å²) < 4.78 is 0. The molecule has 0 saturated carbocycles. The number of carbonyl (C=O) groups is 1. The zero-order chi connectivity index (χ0) is 12.5. The number of carboxylic acid groups (broad SMARTS) is 1. The Morgan fingerprint density at radius 2 is 1.18 bits per heavy atom. The van der Waals surface area contributed by atoms with Crippen LogP contribution in [-0.2, 0) is 4.79 Å². The van der Waals surface area contributed by atoms with Crippen molar-refractivity contribution >= 4 is 5.97 Å². The van der Waals surface area contributed by atoms with Crippen LogP contribution in [0.25, 0.3) is 11.1 Å². The van der Waals surface area contributed by atoms with Crippen molar-refractivity contribution in [2.24, 2.45) is 0 Å². The van der Waals surface area contributed by atoms with Crippen LogP contribution in [0.3, 0.4) is 0 Å². The minimum atomic E-state index is -1.22. The third-order valence-electron chi connectivity index (χ3n) is 2.00. The van der Waals surface area contributed by atoms with Crippen LogP contribution in [-0.4, -0.2) is 11.1 Å². The molecule has 0 aliphatic carbocycles. The summed E-state index contributed by atoms with van der Waals surface area (Å²) >= 11 is 0. The minimum Gasteiger partial charge on any atom is -0.472 e. The Kier molecular flexibility index (Phi) is 5.06. The number of hydrogen-bond acceptors (Lipinski definition) is 1. The molecule has 0 amide bonds. The lowest BCUT2D eigenvalue weighted by molar-refractivity contribution is -0.130. The van der Waals surface area contributed by atoms with Gasteiger partial charge in [0.2, 0.25) is 0 Å². The summed E-state index contributed by atoms with van der Waals surface area (Å²) in [5.41, 5.74) is 2.55. The molecule has 1 N–H and O–H groups in total. The molecule has 2 nitrogen and oxygen atoms in total. The summed E-state index contributed by atoms with van der Waals surface area (Å²) in [5.74, 6) is 0.227. The van der Waals surface area contributed by atoms with E-state index in [4.69, 9.17) is 9.90 Å². The molecule has 17 heavy (non-hydrogen) atoms. The number of terminal acetylenes is 1. The Labute approximate surface area is 101 Å². The standard InChI is InChI=1S/C12H10.C3H2O2/c1-3-7-11(8-4-1)12-9-5-2-6-10-12;1-2-3(4)5/h1-10H;1H,(H,4,5). The minimum absolute atomic E-state index is 1.22. The van der Waals surface area contributed by atoms with E-state index in [0.717, 1.165) is 0 Å². The SMILES string of the molecule is C#CC(=O)O.c1ccc(-c2ccccc2)cc1. The summed E-state index contributed by atoms with van der Waals surface area (Å²) in [6.07, 6.45) is 4.32. The van der Waals surface area contributed by atoms with Crippen LogP contribution in [0.4, 0.5) is 0 Å². The zero-order valence-electron chi connectivity index (χ0n) is 9.21. The molecular weight excluding hydrogens is 212 g/mol. The fraction of sp³-hybridized carbons (Fsp3) is 0. The smallest absolute Gasteiger partial charge is 0.381 e. The van der Waals surface area contributed by atoms with Crippen molar-refractivity contribution in [3.8, 4) is 23.5 Å². The first-order chi connectivity index (χ1) is 8.24. The van der Waals surface area contributed by atoms with Gasteiger partial charge in [-0.25, -0.2) is 4.79 Å². The van der Waals surface area contributed by atoms with Gasteiger partial charge in [0.25, 0.3) is 0 Å². The molecular formula is C15H12O2. The van der Waals surface area contributed by atoms with Crippen LogP contribution in [0.1, 0.15) is 0 Å². The van der Waals surface area contributed by atoms with Crippen molar-refractivity contribution < 1.29 is 9.90 Å². The number of aliphatic carboxylic acids is 1. The van der Waals surface area contributed by atoms with E-state index < -0.39 is 5.97 Å². The third kappa shape index (κ3) is 4.67. The molecule has 2 rings (SSSR count). The number of rotatable bonds is 1. The molecule has 0 aliphatic heterocycles. The molecule has 0 saturated heterocycles. The van der Waals surface area contributed by atoms with Crippen LogP contribution < -0.4 is 0 Å². The molecule has 2 heteroatoms. The van der Waals surface area contributed by atoms with Gasteiger partial charge in [-0.1, -0.05) is 60.7 Å². The highest BCUT2D eigenvalue weighted by atomic mass is 16.4. The fourth-order valence-electron chi connectivity index (χ4n) is 1.26. The summed E-state index contributed by atoms with van der Waals surface area (Å²) in [6.45, 7) is 0. The molecule has 2 aromatic carbocycles. The van der Waals surface area contributed by atoms with Crippen LogP contribution in [0.5, 0.6) is 0 Å². The number of hydrogen-bond donors (Lipinski definition) is 1. The Hall–Kier alpha value is -2.53. The van der Waals surface area contributed by atoms with Crippen LogP contribution >= 0.6 is 0 Å². The van der Waals surface area contributed by atoms with E-state index in [-0.39, 0.29) is 0 Å². The van der Waals surface area contributed by atoms with E-state index in [2.05, 4.69) is 55.0 Å². The maximum atomic E-state index is 9.13. The van der Waals surface area contributed by atoms with E-state index in [9.17, 15) is 0 Å². The van der Waals surface area contributed by atoms with Gasteiger partial charge in [-0.15, -0.1) is 6.42 Å². The number of benzene rings is 2. The van der Waals surface area contributed by atoms with E-state index >= 15 is 0 Å². The van der Waals surface area contributed by atoms with Crippen molar-refractivity contribution in [1.29, 1.82) is 0 Å². The van der Waals surface area contributed by atoms with Crippen LogP contribution in [0, 0.1) is 12.3 Å². The molecule has 0 heterocycles. The average Bonchev–Trinajstić information content (AvgIpc) is 2.41. The Morgan fingerprint density at radius 3 is 1.41 bits per heavy atom. The second kappa shape index (κ2) is 6.86. The quantitative estimate of drug-likeness (QED) is 0.756. The predicted octanol–water partition coefficient (Wildman–Crippen LogP) is 3.06. The normalized spacial score (nSPS) is 8.41. The third-order valence-corrected chi connectivity index (χ3v) is 2.00. The molecule has 0 fully saturated rings. The maximum absolute atomic E-state index is 9.13. The predicted molar refractivity (Wildman–Crippen MR) is 68.3 cm³/mol. The number of carboxylic acids is 1. The first-order valence-electron chi connectivity index (χ1n) is 5.04. The highest BCUT2D eigenvalue weighted by Crippen LogP contribution is 2.17. The maximum Gasteiger partial charge on any atom is 0.381 e. The van der Waals surface area contributed by atoms with E-state index in [0.29, 0.717) is 0 Å². The van der Waals surface area contributed by atoms with Gasteiger partial charge in [0, 0.05) is 5.92 Å². The van der Waals surface area contributed by atoms with Crippen molar-refractivity contribution in [1.82, 2.24) is 0 Å². The van der Waals surface area contributed by atoms with Gasteiger partial charge in [0.05, 0.1) is 0 Å². The van der Waals surface area contributed by atoms with Crippen molar-refractivity contribution in [2.75, 3.05) is 0 Å². The molecule has 84 valence electrons. The highest BCUT2D eigenvalue weighted by molar-refractivity contribution is 5.85. The summed E-state index contributed by atoms with van der Waals surface area (Å²) in [5, 5.41) is 7.49. The molecule has 0 unspecified atom stereocenters. The van der Waals surface area contributed by atoms with Gasteiger partial charge in [-0.2, -0.15) is 0 Å². The molecule has 2 aromatic rings. The van der Waals surface area contributed by atoms with Crippen molar-refractivity contribution in [3.05, 3.63) is 60.7 Å². The van der Waals surface area contributed by atoms with E-state index in [1.807, 2.05) is 12.1 Å². The lowest BCUT2D eigenvalue weighted by atomic mass is 10.1. The molecule has 0 atom stereocenters. The first kappa shape index (κ1) is 12.5. The van der Waals surface area contributed by atoms with Crippen LogP contribution in [0.2, 0.25) is 0 Å². The van der Waals surface area contributed by atoms with Crippen molar-refractivity contribution in [2.45, 2.75) is 0 Å². The fourth-order valence-corrected chi connectivity index (χ4v) is 1.26. The zero-order valence-corrected chi connectivity index (χ0v) is 9.21. The summed E-state index contributed by atoms with van der Waals surface area (Å²) in [6, 6.07) is 20.8. The molecule has 0 spiro atoms. The second-order valence-corrected chi connectivity index (χ2v) is 3.18. The van der Waals surface area contributed by atoms with E-state index in [1.54, 1.807) is 0 Å². The van der Waals surface area contributed by atoms with E-state index in [1.165, 1.54) is 17.0 Å². The molecule has 0 radical (unpaired) electrons. The average molecular weight is 224 g/mol. The van der Waals surface area contributed by atoms with Gasteiger partial charge in [0.1, 0.15) is 0 Å². The van der Waals surface area contributed by atoms with Crippen molar-refractivity contribution in [3.63, 3.8) is 0 Å². The first-order valence-corrected chi connectivity index (χ1v) is 5.04. The summed E-state index contributed by atoms with van der Waals surface area (Å²) in [4.78, 5) is 9.13. The van der Waals surface area contributed by atoms with Gasteiger partial charge in [0.15, 0.2) is 0 Å². The monoisotopic (exact) mass is 224 g/mol. The van der Waals surface area contributed by atoms with Gasteiger partial charge < -0.3 is 5.11 Å². The molecule has 0 bridgehead atoms. The van der Waals surface area contributed by atoms with Gasteiger partial charge >= 0.3 is 5.97 Å². The Balaban J connectivity index is 0.000000249. The lowest BCUT2D eigenvalue weighted by Gasteiger charge is -1.98. The molecule has 0 aromatic heterocycles. The summed E-state index contributed by atoms with van der Waals surface area (Å²) in [7, 11) is 0. The van der Waals surface area contributed by atoms with Crippen LogP contribution in [0.15, 0.2) is 60.7 Å². The largest absolute Gasteiger partial charge is 0.472 e.